The largest absolute Gasteiger partial charge is 0.396 e. The fourth-order valence-electron chi connectivity index (χ4n) is 2.12. The van der Waals surface area contributed by atoms with Gasteiger partial charge in [-0.2, -0.15) is 0 Å². The molecule has 1 heterocycles. The van der Waals surface area contributed by atoms with Crippen LogP contribution < -0.4 is 0 Å². The average Bonchev–Trinajstić information content (AvgIpc) is 2.60. The SMILES string of the molecule is CC(C)(CCO)N1CC2(CC2)C1. The van der Waals surface area contributed by atoms with Crippen molar-refractivity contribution in [2.45, 2.75) is 38.6 Å². The van der Waals surface area contributed by atoms with Gasteiger partial charge < -0.3 is 5.11 Å². The van der Waals surface area contributed by atoms with E-state index in [1.54, 1.807) is 0 Å². The van der Waals surface area contributed by atoms with E-state index in [-0.39, 0.29) is 5.54 Å². The molecule has 2 fully saturated rings. The van der Waals surface area contributed by atoms with Crippen LogP contribution in [-0.2, 0) is 0 Å². The third kappa shape index (κ3) is 1.27. The van der Waals surface area contributed by atoms with E-state index in [0.29, 0.717) is 6.61 Å². The van der Waals surface area contributed by atoms with Gasteiger partial charge in [0.1, 0.15) is 0 Å². The monoisotopic (exact) mass is 169 g/mol. The van der Waals surface area contributed by atoms with Crippen LogP contribution in [0.25, 0.3) is 0 Å². The van der Waals surface area contributed by atoms with Gasteiger partial charge in [-0.15, -0.1) is 0 Å². The van der Waals surface area contributed by atoms with E-state index in [1.807, 2.05) is 0 Å². The molecular weight excluding hydrogens is 150 g/mol. The minimum atomic E-state index is 0.225. The van der Waals surface area contributed by atoms with E-state index in [0.717, 1.165) is 11.8 Å². The molecule has 0 amide bonds. The van der Waals surface area contributed by atoms with E-state index in [9.17, 15) is 0 Å². The molecule has 1 saturated carbocycles. The van der Waals surface area contributed by atoms with Crippen molar-refractivity contribution in [2.24, 2.45) is 5.41 Å². The number of rotatable bonds is 3. The van der Waals surface area contributed by atoms with Crippen molar-refractivity contribution in [3.8, 4) is 0 Å². The molecule has 0 aromatic heterocycles. The lowest BCUT2D eigenvalue weighted by Crippen LogP contribution is -2.58. The number of hydrogen-bond acceptors (Lipinski definition) is 2. The van der Waals surface area contributed by atoms with Gasteiger partial charge in [0.05, 0.1) is 0 Å². The number of hydrogen-bond donors (Lipinski definition) is 1. The average molecular weight is 169 g/mol. The molecule has 1 aliphatic carbocycles. The minimum absolute atomic E-state index is 0.225. The molecule has 0 aromatic carbocycles. The Morgan fingerprint density at radius 2 is 1.92 bits per heavy atom. The molecule has 0 bridgehead atoms. The maximum Gasteiger partial charge on any atom is 0.0448 e. The normalized spacial score (nSPS) is 27.2. The quantitative estimate of drug-likeness (QED) is 0.687. The van der Waals surface area contributed by atoms with Crippen LogP contribution in [-0.4, -0.2) is 35.2 Å². The van der Waals surface area contributed by atoms with Crippen molar-refractivity contribution < 1.29 is 5.11 Å². The highest BCUT2D eigenvalue weighted by atomic mass is 16.3. The van der Waals surface area contributed by atoms with Gasteiger partial charge in [0.15, 0.2) is 0 Å². The zero-order valence-electron chi connectivity index (χ0n) is 8.14. The van der Waals surface area contributed by atoms with Crippen molar-refractivity contribution in [1.82, 2.24) is 4.90 Å². The Labute approximate surface area is 74.6 Å². The summed E-state index contributed by atoms with van der Waals surface area (Å²) in [6.45, 7) is 7.34. The van der Waals surface area contributed by atoms with Crippen molar-refractivity contribution >= 4 is 0 Å². The van der Waals surface area contributed by atoms with Crippen LogP contribution in [0.4, 0.5) is 0 Å². The lowest BCUT2D eigenvalue weighted by atomic mass is 9.87. The fourth-order valence-corrected chi connectivity index (χ4v) is 2.12. The first-order valence-electron chi connectivity index (χ1n) is 4.94. The number of aliphatic hydroxyl groups excluding tert-OH is 1. The van der Waals surface area contributed by atoms with Gasteiger partial charge in [-0.3, -0.25) is 4.90 Å². The van der Waals surface area contributed by atoms with Crippen molar-refractivity contribution in [3.63, 3.8) is 0 Å². The molecule has 0 radical (unpaired) electrons. The molecule has 2 aliphatic rings. The van der Waals surface area contributed by atoms with E-state index < -0.39 is 0 Å². The molecule has 1 spiro atoms. The van der Waals surface area contributed by atoms with Gasteiger partial charge in [-0.05, 0) is 38.5 Å². The highest BCUT2D eigenvalue weighted by molar-refractivity contribution is 5.08. The predicted molar refractivity (Wildman–Crippen MR) is 49.0 cm³/mol. The molecule has 2 nitrogen and oxygen atoms in total. The Bertz CT molecular complexity index is 176. The van der Waals surface area contributed by atoms with Crippen LogP contribution in [0.5, 0.6) is 0 Å². The molecule has 70 valence electrons. The maximum absolute atomic E-state index is 8.89. The summed E-state index contributed by atoms with van der Waals surface area (Å²) >= 11 is 0. The molecule has 0 atom stereocenters. The summed E-state index contributed by atoms with van der Waals surface area (Å²) in [5, 5.41) is 8.89. The summed E-state index contributed by atoms with van der Waals surface area (Å²) in [4.78, 5) is 2.51. The molecule has 1 saturated heterocycles. The molecule has 1 N–H and O–H groups in total. The van der Waals surface area contributed by atoms with Crippen molar-refractivity contribution in [1.29, 1.82) is 0 Å². The summed E-state index contributed by atoms with van der Waals surface area (Å²) in [5.41, 5.74) is 0.968. The smallest absolute Gasteiger partial charge is 0.0448 e. The Balaban J connectivity index is 1.84. The topological polar surface area (TPSA) is 23.5 Å². The van der Waals surface area contributed by atoms with Gasteiger partial charge in [0, 0.05) is 25.2 Å². The van der Waals surface area contributed by atoms with Crippen LogP contribution in [0.1, 0.15) is 33.1 Å². The first kappa shape index (κ1) is 8.52. The van der Waals surface area contributed by atoms with E-state index in [1.165, 1.54) is 25.9 Å². The van der Waals surface area contributed by atoms with Crippen LogP contribution in [0, 0.1) is 5.41 Å². The van der Waals surface area contributed by atoms with Crippen LogP contribution in [0.15, 0.2) is 0 Å². The Kier molecular flexibility index (Phi) is 1.74. The third-order valence-corrected chi connectivity index (χ3v) is 3.59. The molecule has 2 heteroatoms. The van der Waals surface area contributed by atoms with E-state index in [4.69, 9.17) is 5.11 Å². The maximum atomic E-state index is 8.89. The molecular formula is C10H19NO. The molecule has 2 rings (SSSR count). The lowest BCUT2D eigenvalue weighted by molar-refractivity contribution is -0.0214. The van der Waals surface area contributed by atoms with E-state index >= 15 is 0 Å². The molecule has 0 unspecified atom stereocenters. The zero-order valence-corrected chi connectivity index (χ0v) is 8.14. The van der Waals surface area contributed by atoms with E-state index in [2.05, 4.69) is 18.7 Å². The van der Waals surface area contributed by atoms with Crippen LogP contribution in [0.3, 0.4) is 0 Å². The standard InChI is InChI=1S/C10H19NO/c1-9(2,5-6-12)11-7-10(8-11)3-4-10/h12H,3-8H2,1-2H3. The molecule has 12 heavy (non-hydrogen) atoms. The number of aliphatic hydroxyl groups is 1. The Morgan fingerprint density at radius 3 is 2.33 bits per heavy atom. The van der Waals surface area contributed by atoms with Gasteiger partial charge in [0.25, 0.3) is 0 Å². The lowest BCUT2D eigenvalue weighted by Gasteiger charge is -2.50. The Morgan fingerprint density at radius 1 is 1.33 bits per heavy atom. The third-order valence-electron chi connectivity index (χ3n) is 3.59. The first-order chi connectivity index (χ1) is 5.58. The summed E-state index contributed by atoms with van der Waals surface area (Å²) < 4.78 is 0. The van der Waals surface area contributed by atoms with Crippen LogP contribution in [0.2, 0.25) is 0 Å². The summed E-state index contributed by atoms with van der Waals surface area (Å²) in [6, 6.07) is 0. The van der Waals surface area contributed by atoms with Crippen LogP contribution >= 0.6 is 0 Å². The zero-order chi connectivity index (χ0) is 8.82. The number of likely N-dealkylation sites (tertiary alicyclic amines) is 1. The first-order valence-corrected chi connectivity index (χ1v) is 4.94. The Hall–Kier alpha value is -0.0800. The van der Waals surface area contributed by atoms with Crippen molar-refractivity contribution in [3.05, 3.63) is 0 Å². The second kappa shape index (κ2) is 2.46. The molecule has 0 aromatic rings. The summed E-state index contributed by atoms with van der Waals surface area (Å²) in [5.74, 6) is 0. The highest BCUT2D eigenvalue weighted by Crippen LogP contribution is 2.54. The highest BCUT2D eigenvalue weighted by Gasteiger charge is 2.55. The number of nitrogens with zero attached hydrogens (tertiary/aromatic N) is 1. The summed E-state index contributed by atoms with van der Waals surface area (Å²) in [6.07, 6.45) is 3.79. The predicted octanol–water partition coefficient (Wildman–Crippen LogP) is 1.24. The molecule has 1 aliphatic heterocycles. The second-order valence-electron chi connectivity index (χ2n) is 5.14. The minimum Gasteiger partial charge on any atom is -0.396 e. The van der Waals surface area contributed by atoms with Crippen molar-refractivity contribution in [2.75, 3.05) is 19.7 Å². The van der Waals surface area contributed by atoms with Gasteiger partial charge >= 0.3 is 0 Å². The second-order valence-corrected chi connectivity index (χ2v) is 5.14. The van der Waals surface area contributed by atoms with Gasteiger partial charge in [0.2, 0.25) is 0 Å². The van der Waals surface area contributed by atoms with Gasteiger partial charge in [-0.25, -0.2) is 0 Å². The van der Waals surface area contributed by atoms with Gasteiger partial charge in [-0.1, -0.05) is 0 Å². The summed E-state index contributed by atoms with van der Waals surface area (Å²) in [7, 11) is 0. The fraction of sp³-hybridized carbons (Fsp3) is 1.00.